The molecule has 1 atom stereocenters. The topological polar surface area (TPSA) is 63.8 Å². The SMILES string of the molecule is Cn1nnc(Br)c1C(O)c1csc(C(C)(C)C)n1. The predicted molar refractivity (Wildman–Crippen MR) is 73.6 cm³/mol. The molecule has 0 aliphatic rings. The van der Waals surface area contributed by atoms with Crippen molar-refractivity contribution in [3.8, 4) is 0 Å². The van der Waals surface area contributed by atoms with E-state index in [0.717, 1.165) is 5.01 Å². The molecule has 2 rings (SSSR count). The Bertz CT molecular complexity index is 538. The summed E-state index contributed by atoms with van der Waals surface area (Å²) in [5, 5.41) is 20.9. The van der Waals surface area contributed by atoms with Gasteiger partial charge in [-0.3, -0.25) is 0 Å². The fourth-order valence-electron chi connectivity index (χ4n) is 1.53. The van der Waals surface area contributed by atoms with Crippen LogP contribution in [0.2, 0.25) is 0 Å². The fraction of sp³-hybridized carbons (Fsp3) is 0.545. The van der Waals surface area contributed by atoms with Gasteiger partial charge in [0, 0.05) is 17.8 Å². The van der Waals surface area contributed by atoms with Gasteiger partial charge in [-0.15, -0.1) is 16.4 Å². The van der Waals surface area contributed by atoms with E-state index in [1.165, 1.54) is 0 Å². The predicted octanol–water partition coefficient (Wildman–Crippen LogP) is 2.41. The summed E-state index contributed by atoms with van der Waals surface area (Å²) in [5.41, 5.74) is 1.24. The highest BCUT2D eigenvalue weighted by molar-refractivity contribution is 9.10. The summed E-state index contributed by atoms with van der Waals surface area (Å²) in [6.07, 6.45) is -0.813. The minimum absolute atomic E-state index is 0.00935. The normalized spacial score (nSPS) is 13.9. The van der Waals surface area contributed by atoms with Crippen LogP contribution in [0.3, 0.4) is 0 Å². The Hall–Kier alpha value is -0.790. The third kappa shape index (κ3) is 2.48. The lowest BCUT2D eigenvalue weighted by Crippen LogP contribution is -2.12. The Morgan fingerprint density at radius 1 is 1.44 bits per heavy atom. The molecule has 7 heteroatoms. The van der Waals surface area contributed by atoms with Crippen LogP contribution in [0.1, 0.15) is 43.3 Å². The minimum Gasteiger partial charge on any atom is -0.380 e. The van der Waals surface area contributed by atoms with Gasteiger partial charge in [0.05, 0.1) is 10.7 Å². The van der Waals surface area contributed by atoms with E-state index in [1.807, 2.05) is 5.38 Å². The molecular formula is C11H15BrN4OS. The van der Waals surface area contributed by atoms with Crippen LogP contribution in [-0.4, -0.2) is 25.1 Å². The Labute approximate surface area is 118 Å². The van der Waals surface area contributed by atoms with Crippen molar-refractivity contribution in [1.82, 2.24) is 20.0 Å². The van der Waals surface area contributed by atoms with Gasteiger partial charge in [0.15, 0.2) is 4.60 Å². The van der Waals surface area contributed by atoms with Crippen LogP contribution in [0.4, 0.5) is 0 Å². The summed E-state index contributed by atoms with van der Waals surface area (Å²) in [5.74, 6) is 0. The molecule has 0 saturated heterocycles. The first-order chi connectivity index (χ1) is 8.30. The number of hydrogen-bond acceptors (Lipinski definition) is 5. The number of aryl methyl sites for hydroxylation is 1. The van der Waals surface area contributed by atoms with E-state index in [0.29, 0.717) is 16.0 Å². The first-order valence-electron chi connectivity index (χ1n) is 5.49. The molecule has 0 saturated carbocycles. The summed E-state index contributed by atoms with van der Waals surface area (Å²) < 4.78 is 2.09. The Morgan fingerprint density at radius 2 is 2.11 bits per heavy atom. The van der Waals surface area contributed by atoms with Crippen molar-refractivity contribution in [2.24, 2.45) is 7.05 Å². The molecule has 0 aromatic carbocycles. The lowest BCUT2D eigenvalue weighted by Gasteiger charge is -2.14. The van der Waals surface area contributed by atoms with E-state index in [9.17, 15) is 5.11 Å². The average Bonchev–Trinajstić information content (AvgIpc) is 2.84. The van der Waals surface area contributed by atoms with E-state index in [4.69, 9.17) is 0 Å². The standard InChI is InChI=1S/C11H15BrN4OS/c1-11(2,3)10-13-6(5-18-10)8(17)7-9(12)14-15-16(7)4/h5,8,17H,1-4H3. The number of aliphatic hydroxyl groups excluding tert-OH is 1. The molecule has 0 radical (unpaired) electrons. The van der Waals surface area contributed by atoms with Gasteiger partial charge in [0.2, 0.25) is 0 Å². The Kier molecular flexibility index (Phi) is 3.57. The van der Waals surface area contributed by atoms with Crippen LogP contribution in [0, 0.1) is 0 Å². The van der Waals surface area contributed by atoms with Crippen molar-refractivity contribution in [1.29, 1.82) is 0 Å². The van der Waals surface area contributed by atoms with Crippen LogP contribution in [0.5, 0.6) is 0 Å². The first-order valence-corrected chi connectivity index (χ1v) is 7.17. The highest BCUT2D eigenvalue weighted by atomic mass is 79.9. The fourth-order valence-corrected chi connectivity index (χ4v) is 3.00. The molecule has 1 N–H and O–H groups in total. The molecule has 2 heterocycles. The smallest absolute Gasteiger partial charge is 0.154 e. The number of hydrogen-bond donors (Lipinski definition) is 1. The van der Waals surface area contributed by atoms with E-state index in [1.54, 1.807) is 23.1 Å². The molecule has 2 aromatic rings. The third-order valence-electron chi connectivity index (χ3n) is 2.53. The lowest BCUT2D eigenvalue weighted by atomic mass is 9.98. The van der Waals surface area contributed by atoms with Crippen LogP contribution < -0.4 is 0 Å². The summed E-state index contributed by atoms with van der Waals surface area (Å²) in [7, 11) is 1.74. The summed E-state index contributed by atoms with van der Waals surface area (Å²) in [6.45, 7) is 6.30. The second-order valence-corrected chi connectivity index (χ2v) is 6.73. The van der Waals surface area contributed by atoms with Crippen LogP contribution >= 0.6 is 27.3 Å². The zero-order chi connectivity index (χ0) is 13.5. The van der Waals surface area contributed by atoms with Gasteiger partial charge in [-0.25, -0.2) is 9.67 Å². The van der Waals surface area contributed by atoms with Crippen molar-refractivity contribution in [2.45, 2.75) is 32.3 Å². The molecule has 18 heavy (non-hydrogen) atoms. The summed E-state index contributed by atoms with van der Waals surface area (Å²) in [6, 6.07) is 0. The maximum atomic E-state index is 10.3. The van der Waals surface area contributed by atoms with Gasteiger partial charge in [0.1, 0.15) is 11.8 Å². The number of halogens is 1. The second-order valence-electron chi connectivity index (χ2n) is 5.12. The number of aliphatic hydroxyl groups is 1. The Balaban J connectivity index is 2.35. The van der Waals surface area contributed by atoms with Crippen LogP contribution in [0.15, 0.2) is 9.98 Å². The quantitative estimate of drug-likeness (QED) is 0.918. The minimum atomic E-state index is -0.813. The van der Waals surface area contributed by atoms with E-state index < -0.39 is 6.10 Å². The maximum absolute atomic E-state index is 10.3. The maximum Gasteiger partial charge on any atom is 0.154 e. The second kappa shape index (κ2) is 4.71. The monoisotopic (exact) mass is 330 g/mol. The molecule has 0 spiro atoms. The summed E-state index contributed by atoms with van der Waals surface area (Å²) in [4.78, 5) is 4.50. The van der Waals surface area contributed by atoms with Crippen molar-refractivity contribution in [3.63, 3.8) is 0 Å². The lowest BCUT2D eigenvalue weighted by molar-refractivity contribution is 0.204. The largest absolute Gasteiger partial charge is 0.380 e. The van der Waals surface area contributed by atoms with Crippen molar-refractivity contribution >= 4 is 27.3 Å². The van der Waals surface area contributed by atoms with Gasteiger partial charge in [0.25, 0.3) is 0 Å². The third-order valence-corrected chi connectivity index (χ3v) is 4.38. The van der Waals surface area contributed by atoms with Crippen LogP contribution in [-0.2, 0) is 12.5 Å². The number of rotatable bonds is 2. The average molecular weight is 331 g/mol. The molecule has 0 aliphatic carbocycles. The van der Waals surface area contributed by atoms with Crippen molar-refractivity contribution in [3.05, 3.63) is 26.4 Å². The molecule has 98 valence electrons. The highest BCUT2D eigenvalue weighted by Crippen LogP contribution is 2.31. The zero-order valence-corrected chi connectivity index (χ0v) is 13.1. The van der Waals surface area contributed by atoms with Gasteiger partial charge < -0.3 is 5.11 Å². The first kappa shape index (κ1) is 13.6. The highest BCUT2D eigenvalue weighted by Gasteiger charge is 2.24. The molecule has 0 bridgehead atoms. The number of nitrogens with zero attached hydrogens (tertiary/aromatic N) is 4. The molecule has 1 unspecified atom stereocenters. The zero-order valence-electron chi connectivity index (χ0n) is 10.7. The number of aromatic nitrogens is 4. The number of thiazole rings is 1. The van der Waals surface area contributed by atoms with Gasteiger partial charge >= 0.3 is 0 Å². The summed E-state index contributed by atoms with van der Waals surface area (Å²) >= 11 is 4.84. The van der Waals surface area contributed by atoms with E-state index >= 15 is 0 Å². The van der Waals surface area contributed by atoms with Crippen molar-refractivity contribution < 1.29 is 5.11 Å². The molecule has 5 nitrogen and oxygen atoms in total. The van der Waals surface area contributed by atoms with Crippen molar-refractivity contribution in [2.75, 3.05) is 0 Å². The molecule has 0 amide bonds. The molecule has 2 aromatic heterocycles. The molecular weight excluding hydrogens is 316 g/mol. The van der Waals surface area contributed by atoms with Gasteiger partial charge in [-0.1, -0.05) is 26.0 Å². The van der Waals surface area contributed by atoms with E-state index in [2.05, 4.69) is 52.0 Å². The molecule has 0 fully saturated rings. The van der Waals surface area contributed by atoms with Crippen LogP contribution in [0.25, 0.3) is 0 Å². The Morgan fingerprint density at radius 3 is 2.56 bits per heavy atom. The van der Waals surface area contributed by atoms with Gasteiger partial charge in [-0.05, 0) is 15.9 Å². The van der Waals surface area contributed by atoms with Gasteiger partial charge in [-0.2, -0.15) is 0 Å². The molecule has 0 aliphatic heterocycles. The van der Waals surface area contributed by atoms with E-state index in [-0.39, 0.29) is 5.41 Å².